The van der Waals surface area contributed by atoms with Gasteiger partial charge in [-0.05, 0) is 57.7 Å². The van der Waals surface area contributed by atoms with Gasteiger partial charge in [0, 0.05) is 17.8 Å². The van der Waals surface area contributed by atoms with Crippen LogP contribution >= 0.6 is 12.4 Å². The summed E-state index contributed by atoms with van der Waals surface area (Å²) in [6.45, 7) is 10.1. The van der Waals surface area contributed by atoms with Crippen molar-refractivity contribution in [2.24, 2.45) is 5.41 Å². The highest BCUT2D eigenvalue weighted by molar-refractivity contribution is 6.02. The van der Waals surface area contributed by atoms with Crippen molar-refractivity contribution in [3.63, 3.8) is 0 Å². The first kappa shape index (κ1) is 18.7. The third-order valence-electron chi connectivity index (χ3n) is 4.50. The molecule has 22 heavy (non-hydrogen) atoms. The van der Waals surface area contributed by atoms with Gasteiger partial charge in [0.25, 0.3) is 5.91 Å². The van der Waals surface area contributed by atoms with Crippen LogP contribution in [0.1, 0.15) is 58.8 Å². The zero-order valence-electron chi connectivity index (χ0n) is 13.8. The molecule has 6 heteroatoms. The maximum absolute atomic E-state index is 12.4. The van der Waals surface area contributed by atoms with E-state index in [9.17, 15) is 9.59 Å². The molecule has 1 fully saturated rings. The van der Waals surface area contributed by atoms with Crippen LogP contribution in [0.25, 0.3) is 0 Å². The zero-order chi connectivity index (χ0) is 15.6. The number of hydrogen-bond acceptors (Lipinski definition) is 3. The molecule has 0 aliphatic carbocycles. The lowest BCUT2D eigenvalue weighted by atomic mass is 9.81. The van der Waals surface area contributed by atoms with Gasteiger partial charge < -0.3 is 15.6 Å². The van der Waals surface area contributed by atoms with Gasteiger partial charge in [0.2, 0.25) is 0 Å². The van der Waals surface area contributed by atoms with Crippen LogP contribution in [0, 0.1) is 19.3 Å². The number of aryl methyl sites for hydroxylation is 1. The quantitative estimate of drug-likeness (QED) is 0.743. The minimum Gasteiger partial charge on any atom is -0.354 e. The fourth-order valence-electron chi connectivity index (χ4n) is 3.09. The molecule has 1 aliphatic rings. The highest BCUT2D eigenvalue weighted by Crippen LogP contribution is 2.27. The summed E-state index contributed by atoms with van der Waals surface area (Å²) in [7, 11) is 0. The number of halogens is 1. The number of aromatic amines is 1. The van der Waals surface area contributed by atoms with E-state index in [1.165, 1.54) is 6.92 Å². The van der Waals surface area contributed by atoms with Crippen molar-refractivity contribution in [3.8, 4) is 0 Å². The summed E-state index contributed by atoms with van der Waals surface area (Å²) in [5, 5.41) is 6.36. The molecule has 1 saturated heterocycles. The molecule has 0 radical (unpaired) electrons. The highest BCUT2D eigenvalue weighted by atomic mass is 35.5. The lowest BCUT2D eigenvalue weighted by molar-refractivity contribution is 0.0917. The second kappa shape index (κ2) is 7.29. The van der Waals surface area contributed by atoms with Crippen molar-refractivity contribution < 1.29 is 9.59 Å². The fraction of sp³-hybridized carbons (Fsp3) is 0.625. The Balaban J connectivity index is 0.00000242. The summed E-state index contributed by atoms with van der Waals surface area (Å²) >= 11 is 0. The molecule has 1 amide bonds. The van der Waals surface area contributed by atoms with E-state index >= 15 is 0 Å². The molecular formula is C16H26ClN3O2. The zero-order valence-corrected chi connectivity index (χ0v) is 14.6. The fourth-order valence-corrected chi connectivity index (χ4v) is 3.09. The molecule has 0 atom stereocenters. The second-order valence-electron chi connectivity index (χ2n) is 6.42. The largest absolute Gasteiger partial charge is 0.354 e. The first-order valence-electron chi connectivity index (χ1n) is 7.53. The van der Waals surface area contributed by atoms with E-state index in [1.54, 1.807) is 0 Å². The van der Waals surface area contributed by atoms with Crippen molar-refractivity contribution in [2.75, 3.05) is 19.6 Å². The van der Waals surface area contributed by atoms with Gasteiger partial charge in [0.1, 0.15) is 5.69 Å². The van der Waals surface area contributed by atoms with Gasteiger partial charge in [-0.2, -0.15) is 0 Å². The van der Waals surface area contributed by atoms with E-state index in [0.717, 1.165) is 37.2 Å². The van der Waals surface area contributed by atoms with Crippen LogP contribution in [0.15, 0.2) is 0 Å². The van der Waals surface area contributed by atoms with Gasteiger partial charge >= 0.3 is 0 Å². The van der Waals surface area contributed by atoms with Gasteiger partial charge in [-0.1, -0.05) is 6.92 Å². The molecule has 0 aromatic carbocycles. The summed E-state index contributed by atoms with van der Waals surface area (Å²) in [5.41, 5.74) is 2.80. The molecule has 1 aliphatic heterocycles. The second-order valence-corrected chi connectivity index (χ2v) is 6.42. The van der Waals surface area contributed by atoms with Crippen LogP contribution in [0.5, 0.6) is 0 Å². The molecule has 0 unspecified atom stereocenters. The van der Waals surface area contributed by atoms with Crippen LogP contribution in [-0.2, 0) is 0 Å². The minimum absolute atomic E-state index is 0. The van der Waals surface area contributed by atoms with Crippen LogP contribution in [0.3, 0.4) is 0 Å². The molecule has 5 nitrogen and oxygen atoms in total. The van der Waals surface area contributed by atoms with Gasteiger partial charge in [0.05, 0.1) is 0 Å². The van der Waals surface area contributed by atoms with Crippen LogP contribution in [0.4, 0.5) is 0 Å². The first-order valence-corrected chi connectivity index (χ1v) is 7.53. The van der Waals surface area contributed by atoms with Gasteiger partial charge in [-0.15, -0.1) is 12.4 Å². The Bertz CT molecular complexity index is 560. The Kier molecular flexibility index (Phi) is 6.20. The number of H-pyrrole nitrogens is 1. The standard InChI is InChI=1S/C16H25N3O2.ClH/c1-10-13(12(3)20)11(2)19-14(10)15(21)18-9-16(4)5-7-17-8-6-16;/h17,19H,5-9H2,1-4H3,(H,18,21);1H. The Labute approximate surface area is 138 Å². The number of amides is 1. The van der Waals surface area contributed by atoms with E-state index in [2.05, 4.69) is 22.5 Å². The summed E-state index contributed by atoms with van der Waals surface area (Å²) in [6, 6.07) is 0. The molecule has 124 valence electrons. The number of Topliss-reactive ketones (excluding diaryl/α,β-unsaturated/α-hetero) is 1. The van der Waals surface area contributed by atoms with Gasteiger partial charge in [-0.3, -0.25) is 9.59 Å². The van der Waals surface area contributed by atoms with Crippen LogP contribution in [0.2, 0.25) is 0 Å². The number of ketones is 1. The minimum atomic E-state index is -0.122. The average molecular weight is 328 g/mol. The number of rotatable bonds is 4. The van der Waals surface area contributed by atoms with E-state index in [4.69, 9.17) is 0 Å². The predicted molar refractivity (Wildman–Crippen MR) is 90.1 cm³/mol. The molecule has 1 aromatic rings. The smallest absolute Gasteiger partial charge is 0.268 e. The number of nitrogens with one attached hydrogen (secondary N) is 3. The first-order chi connectivity index (χ1) is 9.84. The topological polar surface area (TPSA) is 74.0 Å². The Morgan fingerprint density at radius 3 is 2.32 bits per heavy atom. The highest BCUT2D eigenvalue weighted by Gasteiger charge is 2.28. The van der Waals surface area contributed by atoms with Gasteiger partial charge in [-0.25, -0.2) is 0 Å². The van der Waals surface area contributed by atoms with E-state index in [-0.39, 0.29) is 29.5 Å². The molecular weight excluding hydrogens is 302 g/mol. The number of carbonyl (C=O) groups is 2. The molecule has 0 spiro atoms. The van der Waals surface area contributed by atoms with Crippen molar-refractivity contribution in [3.05, 3.63) is 22.5 Å². The maximum Gasteiger partial charge on any atom is 0.268 e. The lowest BCUT2D eigenvalue weighted by Gasteiger charge is -2.34. The maximum atomic E-state index is 12.4. The average Bonchev–Trinajstić information content (AvgIpc) is 2.72. The Hall–Kier alpha value is -1.33. The number of carbonyl (C=O) groups excluding carboxylic acids is 2. The molecule has 1 aromatic heterocycles. The summed E-state index contributed by atoms with van der Waals surface area (Å²) in [4.78, 5) is 27.0. The molecule has 0 saturated carbocycles. The number of hydrogen-bond donors (Lipinski definition) is 3. The van der Waals surface area contributed by atoms with Crippen molar-refractivity contribution >= 4 is 24.1 Å². The lowest BCUT2D eigenvalue weighted by Crippen LogP contribution is -2.43. The van der Waals surface area contributed by atoms with Gasteiger partial charge in [0.15, 0.2) is 5.78 Å². The Morgan fingerprint density at radius 2 is 1.82 bits per heavy atom. The van der Waals surface area contributed by atoms with Crippen molar-refractivity contribution in [2.45, 2.75) is 40.5 Å². The molecule has 2 heterocycles. The number of aromatic nitrogens is 1. The van der Waals surface area contributed by atoms with E-state index in [0.29, 0.717) is 17.8 Å². The normalized spacial score (nSPS) is 16.7. The van der Waals surface area contributed by atoms with Crippen LogP contribution in [-0.4, -0.2) is 36.3 Å². The number of piperidine rings is 1. The van der Waals surface area contributed by atoms with Crippen LogP contribution < -0.4 is 10.6 Å². The van der Waals surface area contributed by atoms with Crippen molar-refractivity contribution in [1.29, 1.82) is 0 Å². The third kappa shape index (κ3) is 3.90. The summed E-state index contributed by atoms with van der Waals surface area (Å²) in [6.07, 6.45) is 2.13. The Morgan fingerprint density at radius 1 is 1.23 bits per heavy atom. The molecule has 0 bridgehead atoms. The van der Waals surface area contributed by atoms with E-state index < -0.39 is 0 Å². The van der Waals surface area contributed by atoms with E-state index in [1.807, 2.05) is 13.8 Å². The third-order valence-corrected chi connectivity index (χ3v) is 4.50. The SMILES string of the molecule is CC(=O)c1c(C)[nH]c(C(=O)NCC2(C)CCNCC2)c1C.Cl. The summed E-state index contributed by atoms with van der Waals surface area (Å²) in [5.74, 6) is -0.131. The summed E-state index contributed by atoms with van der Waals surface area (Å²) < 4.78 is 0. The molecule has 3 N–H and O–H groups in total. The van der Waals surface area contributed by atoms with Crippen molar-refractivity contribution in [1.82, 2.24) is 15.6 Å². The predicted octanol–water partition coefficient (Wildman–Crippen LogP) is 2.38. The molecule has 2 rings (SSSR count). The monoisotopic (exact) mass is 327 g/mol.